The van der Waals surface area contributed by atoms with E-state index in [9.17, 15) is 39.9 Å². The monoisotopic (exact) mass is 450 g/mol. The lowest BCUT2D eigenvalue weighted by molar-refractivity contribution is -0.160. The van der Waals surface area contributed by atoms with Crippen molar-refractivity contribution in [3.05, 3.63) is 39.1 Å². The van der Waals surface area contributed by atoms with Crippen LogP contribution in [0.3, 0.4) is 0 Å². The average Bonchev–Trinajstić information content (AvgIpc) is 2.69. The van der Waals surface area contributed by atoms with Gasteiger partial charge in [0.25, 0.3) is 5.91 Å². The van der Waals surface area contributed by atoms with Crippen molar-refractivity contribution < 1.29 is 39.9 Å². The van der Waals surface area contributed by atoms with Gasteiger partial charge in [0.15, 0.2) is 17.1 Å². The number of aromatic hydroxyl groups is 1. The first kappa shape index (κ1) is 21.2. The number of benzene rings is 1. The van der Waals surface area contributed by atoms with Crippen molar-refractivity contribution in [2.45, 2.75) is 31.0 Å². The van der Waals surface area contributed by atoms with Crippen molar-refractivity contribution in [3.8, 4) is 5.75 Å². The molecule has 0 aromatic heterocycles. The predicted molar refractivity (Wildman–Crippen MR) is 107 cm³/mol. The Morgan fingerprint density at radius 2 is 1.87 bits per heavy atom. The van der Waals surface area contributed by atoms with Crippen LogP contribution in [0.1, 0.15) is 30.4 Å². The molecule has 1 aromatic carbocycles. The maximum Gasteiger partial charge on any atom is 0.255 e. The minimum atomic E-state index is -2.87. The van der Waals surface area contributed by atoms with E-state index in [1.165, 1.54) is 6.07 Å². The molecule has 164 valence electrons. The number of primary amides is 1. The minimum Gasteiger partial charge on any atom is -0.508 e. The number of carbonyl (C=O) groups is 3. The summed E-state index contributed by atoms with van der Waals surface area (Å²) >= 11 is 6.04. The number of aliphatic hydroxyl groups is 4. The van der Waals surface area contributed by atoms with E-state index >= 15 is 0 Å². The Balaban J connectivity index is 2.04. The molecule has 0 heterocycles. The molecule has 0 aliphatic heterocycles. The maximum atomic E-state index is 13.4. The molecular formula is C20H19ClN2O8. The largest absolute Gasteiger partial charge is 0.508 e. The quantitative estimate of drug-likeness (QED) is 0.177. The van der Waals surface area contributed by atoms with E-state index in [1.54, 1.807) is 6.92 Å². The fourth-order valence-electron chi connectivity index (χ4n) is 5.04. The smallest absolute Gasteiger partial charge is 0.255 e. The van der Waals surface area contributed by atoms with Crippen LogP contribution >= 0.6 is 11.6 Å². The lowest BCUT2D eigenvalue weighted by Gasteiger charge is -2.50. The van der Waals surface area contributed by atoms with E-state index in [-0.39, 0.29) is 16.3 Å². The highest BCUT2D eigenvalue weighted by molar-refractivity contribution is 6.33. The van der Waals surface area contributed by atoms with Gasteiger partial charge in [0, 0.05) is 23.8 Å². The van der Waals surface area contributed by atoms with Crippen molar-refractivity contribution >= 4 is 40.5 Å². The number of fused-ring (bicyclic) bond motifs is 3. The van der Waals surface area contributed by atoms with E-state index in [0.717, 1.165) is 0 Å². The summed E-state index contributed by atoms with van der Waals surface area (Å²) in [7, 11) is 0. The molecule has 0 unspecified atom stereocenters. The lowest BCUT2D eigenvalue weighted by atomic mass is 9.55. The zero-order valence-electron chi connectivity index (χ0n) is 16.1. The summed E-state index contributed by atoms with van der Waals surface area (Å²) in [5.74, 6) is -9.46. The molecule has 0 spiro atoms. The molecule has 1 saturated carbocycles. The van der Waals surface area contributed by atoms with E-state index in [2.05, 4.69) is 0 Å². The highest BCUT2D eigenvalue weighted by Crippen LogP contribution is 2.56. The summed E-state index contributed by atoms with van der Waals surface area (Å²) in [6.45, 7) is 1.60. The molecule has 0 saturated heterocycles. The number of nitrogen functional groups attached to an aromatic ring is 1. The Labute approximate surface area is 180 Å². The molecule has 3 aliphatic rings. The number of ketones is 2. The fourth-order valence-corrected chi connectivity index (χ4v) is 5.25. The van der Waals surface area contributed by atoms with Crippen LogP contribution in [-0.4, -0.2) is 54.7 Å². The summed E-state index contributed by atoms with van der Waals surface area (Å²) < 4.78 is 0. The molecule has 10 nitrogen and oxygen atoms in total. The van der Waals surface area contributed by atoms with Crippen molar-refractivity contribution in [1.29, 1.82) is 0 Å². The van der Waals surface area contributed by atoms with Gasteiger partial charge < -0.3 is 37.0 Å². The van der Waals surface area contributed by atoms with Crippen molar-refractivity contribution in [2.24, 2.45) is 17.6 Å². The van der Waals surface area contributed by atoms with Crippen molar-refractivity contribution in [3.63, 3.8) is 0 Å². The lowest BCUT2D eigenvalue weighted by Crippen LogP contribution is -2.63. The number of Topliss-reactive ketones (excluding diaryl/α,β-unsaturated/α-hetero) is 2. The number of hydrogen-bond donors (Lipinski definition) is 7. The number of nitrogens with two attached hydrogens (primary N) is 2. The van der Waals surface area contributed by atoms with Crippen LogP contribution in [0.2, 0.25) is 5.02 Å². The highest BCUT2D eigenvalue weighted by Gasteiger charge is 2.64. The van der Waals surface area contributed by atoms with Crippen molar-refractivity contribution in [2.75, 3.05) is 5.73 Å². The third-order valence-corrected chi connectivity index (χ3v) is 6.92. The van der Waals surface area contributed by atoms with Crippen LogP contribution in [0, 0.1) is 11.8 Å². The molecule has 1 amide bonds. The van der Waals surface area contributed by atoms with Gasteiger partial charge in [-0.25, -0.2) is 0 Å². The summed E-state index contributed by atoms with van der Waals surface area (Å²) in [4.78, 5) is 37.4. The van der Waals surface area contributed by atoms with Crippen LogP contribution in [0.25, 0.3) is 5.76 Å². The number of phenols is 1. The van der Waals surface area contributed by atoms with Crippen LogP contribution in [0.4, 0.5) is 5.69 Å². The number of amides is 1. The molecule has 1 fully saturated rings. The first-order valence-electron chi connectivity index (χ1n) is 9.31. The van der Waals surface area contributed by atoms with Crippen molar-refractivity contribution in [1.82, 2.24) is 0 Å². The first-order valence-corrected chi connectivity index (χ1v) is 9.69. The van der Waals surface area contributed by atoms with Crippen LogP contribution in [0.15, 0.2) is 23.0 Å². The van der Waals surface area contributed by atoms with Gasteiger partial charge in [0.2, 0.25) is 5.78 Å². The summed E-state index contributed by atoms with van der Waals surface area (Å²) in [5.41, 5.74) is 6.40. The number of aliphatic hydroxyl groups excluding tert-OH is 3. The SMILES string of the molecule is C[C@@H]1c2cc(Cl)c(N)c(O)c2C(O)=C2C(=O)[C@]3(O)C(O)=C(C(N)=O)C(=O)C[C@@H]3[C@H](O)[C@@H]21. The van der Waals surface area contributed by atoms with E-state index in [0.29, 0.717) is 5.56 Å². The van der Waals surface area contributed by atoms with Crippen LogP contribution < -0.4 is 11.5 Å². The standard InChI is InChI=1S/C20H19ClN2O8/c1-4-5-2-7(21)13(22)16(27)10(5)15(26)12-9(4)14(25)6-3-8(24)11(19(23)30)17(28)20(6,31)18(12)29/h2,4,6,9,14,25-28,31H,3,22H2,1H3,(H2,23,30)/t4-,6-,9-,14+,20-/m1/s1. The summed E-state index contributed by atoms with van der Waals surface area (Å²) in [6, 6.07) is 1.39. The molecule has 31 heavy (non-hydrogen) atoms. The molecular weight excluding hydrogens is 432 g/mol. The fraction of sp³-hybridized carbons (Fsp3) is 0.350. The Hall–Kier alpha value is -3.08. The molecule has 4 rings (SSSR count). The Morgan fingerprint density at radius 3 is 2.45 bits per heavy atom. The third-order valence-electron chi connectivity index (χ3n) is 6.61. The molecule has 9 N–H and O–H groups in total. The number of hydrogen-bond acceptors (Lipinski definition) is 9. The Bertz CT molecular complexity index is 1160. The van der Waals surface area contributed by atoms with E-state index in [1.807, 2.05) is 0 Å². The third kappa shape index (κ3) is 2.43. The van der Waals surface area contributed by atoms with Crippen LogP contribution in [-0.2, 0) is 14.4 Å². The molecule has 3 aliphatic carbocycles. The first-order chi connectivity index (χ1) is 14.3. The Morgan fingerprint density at radius 1 is 1.26 bits per heavy atom. The van der Waals surface area contributed by atoms with Gasteiger partial charge in [0.05, 0.1) is 22.4 Å². The molecule has 1 aromatic rings. The number of anilines is 1. The number of rotatable bonds is 1. The second kappa shape index (κ2) is 6.46. The minimum absolute atomic E-state index is 0.00740. The molecule has 5 atom stereocenters. The topological polar surface area (TPSA) is 204 Å². The second-order valence-electron chi connectivity index (χ2n) is 8.07. The second-order valence-corrected chi connectivity index (χ2v) is 8.48. The molecule has 0 bridgehead atoms. The van der Waals surface area contributed by atoms with Gasteiger partial charge in [-0.3, -0.25) is 14.4 Å². The predicted octanol–water partition coefficient (Wildman–Crippen LogP) is 0.191. The zero-order valence-corrected chi connectivity index (χ0v) is 16.8. The Kier molecular flexibility index (Phi) is 4.41. The molecule has 11 heteroatoms. The summed E-state index contributed by atoms with van der Waals surface area (Å²) in [5, 5.41) is 54.1. The number of phenolic OH excluding ortho intramolecular Hbond substituents is 1. The van der Waals surface area contributed by atoms with Gasteiger partial charge in [0.1, 0.15) is 17.1 Å². The average molecular weight is 451 g/mol. The maximum absolute atomic E-state index is 13.4. The number of halogens is 1. The highest BCUT2D eigenvalue weighted by atomic mass is 35.5. The van der Waals surface area contributed by atoms with Crippen LogP contribution in [0.5, 0.6) is 5.75 Å². The molecule has 0 radical (unpaired) electrons. The normalized spacial score (nSPS) is 32.5. The van der Waals surface area contributed by atoms with E-state index in [4.69, 9.17) is 23.1 Å². The zero-order chi connectivity index (χ0) is 23.2. The van der Waals surface area contributed by atoms with Gasteiger partial charge in [-0.05, 0) is 17.5 Å². The van der Waals surface area contributed by atoms with Gasteiger partial charge >= 0.3 is 0 Å². The number of carbonyl (C=O) groups excluding carboxylic acids is 3. The van der Waals surface area contributed by atoms with E-state index < -0.39 is 81.8 Å². The van der Waals surface area contributed by atoms with Gasteiger partial charge in [-0.15, -0.1) is 0 Å². The summed E-state index contributed by atoms with van der Waals surface area (Å²) in [6.07, 6.45) is -2.23. The van der Waals surface area contributed by atoms with Gasteiger partial charge in [-0.2, -0.15) is 0 Å². The van der Waals surface area contributed by atoms with Gasteiger partial charge in [-0.1, -0.05) is 18.5 Å².